The highest BCUT2D eigenvalue weighted by Gasteiger charge is 2.42. The van der Waals surface area contributed by atoms with Crippen LogP contribution < -0.4 is 0 Å². The van der Waals surface area contributed by atoms with Gasteiger partial charge >= 0.3 is 0 Å². The van der Waals surface area contributed by atoms with Crippen LogP contribution in [0.1, 0.15) is 23.6 Å². The van der Waals surface area contributed by atoms with E-state index in [1.54, 1.807) is 0 Å². The smallest absolute Gasteiger partial charge is 0.159 e. The van der Waals surface area contributed by atoms with Crippen LogP contribution in [0.25, 0.3) is 0 Å². The standard InChI is InChI=1S/C21H25NO3/c1-3-7-17(8-4-1)15-23-16-20(18-9-5-2-6-10-18)22-14-19(22)13-21-24-11-12-25-21/h1-10,19-21H,11-16H2/t19-,20-,22?/m0/s1. The molecule has 2 fully saturated rings. The van der Waals surface area contributed by atoms with Crippen LogP contribution in [0, 0.1) is 0 Å². The first-order valence-electron chi connectivity index (χ1n) is 9.06. The summed E-state index contributed by atoms with van der Waals surface area (Å²) in [6, 6.07) is 21.8. The fraction of sp³-hybridized carbons (Fsp3) is 0.429. The highest BCUT2D eigenvalue weighted by molar-refractivity contribution is 5.21. The van der Waals surface area contributed by atoms with Gasteiger partial charge in [0.2, 0.25) is 0 Å². The van der Waals surface area contributed by atoms with E-state index < -0.39 is 0 Å². The van der Waals surface area contributed by atoms with Gasteiger partial charge in [-0.2, -0.15) is 0 Å². The van der Waals surface area contributed by atoms with Crippen molar-refractivity contribution < 1.29 is 14.2 Å². The zero-order valence-electron chi connectivity index (χ0n) is 14.4. The van der Waals surface area contributed by atoms with E-state index in [0.717, 1.165) is 26.2 Å². The van der Waals surface area contributed by atoms with E-state index in [4.69, 9.17) is 14.2 Å². The fourth-order valence-corrected chi connectivity index (χ4v) is 3.47. The van der Waals surface area contributed by atoms with E-state index in [-0.39, 0.29) is 12.3 Å². The van der Waals surface area contributed by atoms with E-state index in [2.05, 4.69) is 59.5 Å². The molecule has 0 bridgehead atoms. The molecule has 2 saturated heterocycles. The van der Waals surface area contributed by atoms with Crippen LogP contribution in [0.2, 0.25) is 0 Å². The lowest BCUT2D eigenvalue weighted by atomic mass is 10.1. The van der Waals surface area contributed by atoms with E-state index >= 15 is 0 Å². The third-order valence-corrected chi connectivity index (χ3v) is 4.88. The Morgan fingerprint density at radius 3 is 2.36 bits per heavy atom. The zero-order valence-corrected chi connectivity index (χ0v) is 14.4. The van der Waals surface area contributed by atoms with Gasteiger partial charge in [-0.3, -0.25) is 4.90 Å². The van der Waals surface area contributed by atoms with Crippen LogP contribution in [0.3, 0.4) is 0 Å². The second kappa shape index (κ2) is 8.11. The molecule has 0 N–H and O–H groups in total. The maximum atomic E-state index is 6.05. The third-order valence-electron chi connectivity index (χ3n) is 4.88. The molecule has 2 aliphatic rings. The summed E-state index contributed by atoms with van der Waals surface area (Å²) in [5, 5.41) is 0. The first-order chi connectivity index (χ1) is 12.4. The van der Waals surface area contributed by atoms with Gasteiger partial charge in [-0.1, -0.05) is 60.7 Å². The fourth-order valence-electron chi connectivity index (χ4n) is 3.47. The average molecular weight is 339 g/mol. The van der Waals surface area contributed by atoms with Crippen molar-refractivity contribution in [2.75, 3.05) is 26.4 Å². The monoisotopic (exact) mass is 339 g/mol. The number of ether oxygens (including phenoxy) is 3. The van der Waals surface area contributed by atoms with Crippen LogP contribution in [0.15, 0.2) is 60.7 Å². The van der Waals surface area contributed by atoms with Crippen LogP contribution in [-0.2, 0) is 20.8 Å². The Kier molecular flexibility index (Phi) is 5.43. The predicted octanol–water partition coefficient (Wildman–Crippen LogP) is 3.39. The summed E-state index contributed by atoms with van der Waals surface area (Å²) in [5.74, 6) is 0. The molecular formula is C21H25NO3. The number of hydrogen-bond acceptors (Lipinski definition) is 4. The van der Waals surface area contributed by atoms with E-state index in [9.17, 15) is 0 Å². The van der Waals surface area contributed by atoms with Gasteiger partial charge in [0, 0.05) is 19.0 Å². The molecule has 4 heteroatoms. The molecule has 1 unspecified atom stereocenters. The highest BCUT2D eigenvalue weighted by Crippen LogP contribution is 2.35. The summed E-state index contributed by atoms with van der Waals surface area (Å²) < 4.78 is 17.2. The van der Waals surface area contributed by atoms with Gasteiger partial charge in [0.1, 0.15) is 0 Å². The quantitative estimate of drug-likeness (QED) is 0.690. The molecule has 2 aliphatic heterocycles. The normalized spacial score (nSPS) is 24.3. The molecule has 0 aromatic heterocycles. The van der Waals surface area contributed by atoms with Gasteiger partial charge in [0.15, 0.2) is 6.29 Å². The Morgan fingerprint density at radius 2 is 1.64 bits per heavy atom. The Hall–Kier alpha value is -1.72. The second-order valence-corrected chi connectivity index (χ2v) is 6.68. The maximum Gasteiger partial charge on any atom is 0.159 e. The molecule has 4 nitrogen and oxygen atoms in total. The molecule has 0 spiro atoms. The zero-order chi connectivity index (χ0) is 16.9. The summed E-state index contributed by atoms with van der Waals surface area (Å²) >= 11 is 0. The minimum absolute atomic E-state index is 0.0309. The van der Waals surface area contributed by atoms with Crippen LogP contribution in [0.5, 0.6) is 0 Å². The van der Waals surface area contributed by atoms with Gasteiger partial charge in [-0.05, 0) is 11.1 Å². The van der Waals surface area contributed by atoms with Crippen LogP contribution >= 0.6 is 0 Å². The predicted molar refractivity (Wildman–Crippen MR) is 96.1 cm³/mol. The van der Waals surface area contributed by atoms with Gasteiger partial charge in [-0.15, -0.1) is 0 Å². The van der Waals surface area contributed by atoms with Crippen molar-refractivity contribution in [3.63, 3.8) is 0 Å². The largest absolute Gasteiger partial charge is 0.375 e. The minimum Gasteiger partial charge on any atom is -0.375 e. The van der Waals surface area contributed by atoms with Gasteiger partial charge in [0.25, 0.3) is 0 Å². The molecule has 2 aromatic rings. The number of benzene rings is 2. The summed E-state index contributed by atoms with van der Waals surface area (Å²) in [5.41, 5.74) is 2.52. The molecule has 0 aliphatic carbocycles. The van der Waals surface area contributed by atoms with Crippen molar-refractivity contribution in [1.29, 1.82) is 0 Å². The lowest BCUT2D eigenvalue weighted by Gasteiger charge is -2.21. The van der Waals surface area contributed by atoms with Crippen molar-refractivity contribution in [2.45, 2.75) is 31.4 Å². The minimum atomic E-state index is -0.0309. The number of rotatable bonds is 8. The van der Waals surface area contributed by atoms with Crippen molar-refractivity contribution in [1.82, 2.24) is 4.90 Å². The lowest BCUT2D eigenvalue weighted by molar-refractivity contribution is -0.0495. The van der Waals surface area contributed by atoms with Crippen LogP contribution in [0.4, 0.5) is 0 Å². The first-order valence-corrected chi connectivity index (χ1v) is 9.06. The van der Waals surface area contributed by atoms with Crippen molar-refractivity contribution in [2.24, 2.45) is 0 Å². The molecule has 0 saturated carbocycles. The summed E-state index contributed by atoms with van der Waals surface area (Å²) in [4.78, 5) is 2.49. The van der Waals surface area contributed by atoms with Crippen molar-refractivity contribution in [3.05, 3.63) is 71.8 Å². The Labute approximate surface area is 149 Å². The van der Waals surface area contributed by atoms with Gasteiger partial charge < -0.3 is 14.2 Å². The van der Waals surface area contributed by atoms with E-state index in [0.29, 0.717) is 19.3 Å². The Morgan fingerprint density at radius 1 is 0.960 bits per heavy atom. The topological polar surface area (TPSA) is 30.7 Å². The Bertz CT molecular complexity index is 643. The third kappa shape index (κ3) is 4.47. The summed E-state index contributed by atoms with van der Waals surface area (Å²) in [7, 11) is 0. The molecule has 2 heterocycles. The van der Waals surface area contributed by atoms with Gasteiger partial charge in [-0.25, -0.2) is 0 Å². The lowest BCUT2D eigenvalue weighted by Crippen LogP contribution is -2.20. The van der Waals surface area contributed by atoms with Crippen molar-refractivity contribution in [3.8, 4) is 0 Å². The maximum absolute atomic E-state index is 6.05. The molecule has 0 amide bonds. The first kappa shape index (κ1) is 16.7. The second-order valence-electron chi connectivity index (χ2n) is 6.68. The van der Waals surface area contributed by atoms with Crippen molar-refractivity contribution >= 4 is 0 Å². The molecule has 25 heavy (non-hydrogen) atoms. The molecule has 4 rings (SSSR count). The molecule has 3 atom stereocenters. The van der Waals surface area contributed by atoms with Crippen LogP contribution in [-0.4, -0.2) is 43.6 Å². The molecule has 2 aromatic carbocycles. The molecule has 132 valence electrons. The van der Waals surface area contributed by atoms with E-state index in [1.807, 2.05) is 6.07 Å². The summed E-state index contributed by atoms with van der Waals surface area (Å²) in [6.45, 7) is 3.87. The number of hydrogen-bond donors (Lipinski definition) is 0. The SMILES string of the molecule is c1ccc(COC[C@@H](c2ccccc2)N2C[C@@H]2CC2OCCO2)cc1. The van der Waals surface area contributed by atoms with E-state index in [1.165, 1.54) is 11.1 Å². The average Bonchev–Trinajstić information content (AvgIpc) is 3.21. The Balaban J connectivity index is 1.35. The van der Waals surface area contributed by atoms with Gasteiger partial charge in [0.05, 0.1) is 32.5 Å². The number of nitrogens with zero attached hydrogens (tertiary/aromatic N) is 1. The highest BCUT2D eigenvalue weighted by atomic mass is 16.7. The molecule has 0 radical (unpaired) electrons. The molecular weight excluding hydrogens is 314 g/mol. The summed E-state index contributed by atoms with van der Waals surface area (Å²) in [6.07, 6.45) is 0.916.